The predicted molar refractivity (Wildman–Crippen MR) is 86.3 cm³/mol. The highest BCUT2D eigenvalue weighted by Gasteiger charge is 2.32. The molecule has 0 saturated carbocycles. The van der Waals surface area contributed by atoms with E-state index in [1.807, 2.05) is 42.9 Å². The van der Waals surface area contributed by atoms with Crippen LogP contribution in [0.1, 0.15) is 27.2 Å². The van der Waals surface area contributed by atoms with Gasteiger partial charge in [0.15, 0.2) is 0 Å². The number of amides is 2. The van der Waals surface area contributed by atoms with E-state index in [9.17, 15) is 9.59 Å². The smallest absolute Gasteiger partial charge is 0.257 e. The van der Waals surface area contributed by atoms with Crippen molar-refractivity contribution in [2.24, 2.45) is 11.7 Å². The minimum Gasteiger partial charge on any atom is -0.369 e. The van der Waals surface area contributed by atoms with E-state index in [4.69, 9.17) is 5.73 Å². The standard InChI is InChI=1S/C16H19N3O2S/c1-10-11(2)22-16(18-6-3-4-7-18)13(10)15(21)19-8-5-12(9-19)14(17)20/h3-4,6-7,12H,5,8-9H2,1-2H3,(H2,17,20)/t12-/m1/s1. The molecule has 1 atom stereocenters. The Hall–Kier alpha value is -2.08. The first-order chi connectivity index (χ1) is 10.5. The van der Waals surface area contributed by atoms with Crippen LogP contribution in [0.15, 0.2) is 24.5 Å². The molecule has 116 valence electrons. The molecule has 6 heteroatoms. The number of aryl methyl sites for hydroxylation is 1. The summed E-state index contributed by atoms with van der Waals surface area (Å²) in [5.41, 5.74) is 7.12. The molecule has 0 radical (unpaired) electrons. The third-order valence-corrected chi connectivity index (χ3v) is 5.52. The fourth-order valence-electron chi connectivity index (χ4n) is 2.85. The van der Waals surface area contributed by atoms with Crippen LogP contribution >= 0.6 is 11.3 Å². The van der Waals surface area contributed by atoms with Crippen molar-refractivity contribution in [1.82, 2.24) is 9.47 Å². The fraction of sp³-hybridized carbons (Fsp3) is 0.375. The Morgan fingerprint density at radius 2 is 1.95 bits per heavy atom. The second kappa shape index (κ2) is 5.61. The number of carbonyl (C=O) groups is 2. The molecule has 0 aliphatic carbocycles. The van der Waals surface area contributed by atoms with Gasteiger partial charge < -0.3 is 15.2 Å². The Labute approximate surface area is 133 Å². The van der Waals surface area contributed by atoms with Crippen LogP contribution in [-0.4, -0.2) is 34.4 Å². The molecule has 1 saturated heterocycles. The number of hydrogen-bond acceptors (Lipinski definition) is 3. The Bertz CT molecular complexity index is 718. The van der Waals surface area contributed by atoms with Crippen molar-refractivity contribution in [2.75, 3.05) is 13.1 Å². The number of rotatable bonds is 3. The molecule has 2 aromatic rings. The average Bonchev–Trinajstić information content (AvgIpc) is 3.19. The summed E-state index contributed by atoms with van der Waals surface area (Å²) in [6.07, 6.45) is 4.54. The number of nitrogens with zero attached hydrogens (tertiary/aromatic N) is 2. The lowest BCUT2D eigenvalue weighted by molar-refractivity contribution is -0.121. The van der Waals surface area contributed by atoms with Crippen LogP contribution in [0, 0.1) is 19.8 Å². The van der Waals surface area contributed by atoms with Gasteiger partial charge in [-0.15, -0.1) is 11.3 Å². The molecule has 2 N–H and O–H groups in total. The summed E-state index contributed by atoms with van der Waals surface area (Å²) in [7, 11) is 0. The van der Waals surface area contributed by atoms with E-state index in [0.717, 1.165) is 21.0 Å². The van der Waals surface area contributed by atoms with Crippen molar-refractivity contribution in [2.45, 2.75) is 20.3 Å². The number of thiophene rings is 1. The van der Waals surface area contributed by atoms with Gasteiger partial charge >= 0.3 is 0 Å². The average molecular weight is 317 g/mol. The summed E-state index contributed by atoms with van der Waals surface area (Å²) in [5, 5.41) is 0.938. The minimum atomic E-state index is -0.320. The first-order valence-electron chi connectivity index (χ1n) is 7.31. The molecule has 3 heterocycles. The molecule has 3 rings (SSSR count). The molecule has 0 aromatic carbocycles. The van der Waals surface area contributed by atoms with E-state index < -0.39 is 0 Å². The molecule has 1 aliphatic rings. The topological polar surface area (TPSA) is 68.3 Å². The van der Waals surface area contributed by atoms with E-state index in [-0.39, 0.29) is 17.7 Å². The van der Waals surface area contributed by atoms with Gasteiger partial charge in [0.1, 0.15) is 5.00 Å². The van der Waals surface area contributed by atoms with Gasteiger partial charge in [0.05, 0.1) is 11.5 Å². The van der Waals surface area contributed by atoms with E-state index in [1.165, 1.54) is 0 Å². The summed E-state index contributed by atoms with van der Waals surface area (Å²) in [5.74, 6) is -0.549. The normalized spacial score (nSPS) is 17.9. The molecule has 0 unspecified atom stereocenters. The van der Waals surface area contributed by atoms with Crippen LogP contribution in [0.25, 0.3) is 5.00 Å². The zero-order valence-electron chi connectivity index (χ0n) is 12.7. The van der Waals surface area contributed by atoms with Crippen LogP contribution in [0.5, 0.6) is 0 Å². The number of likely N-dealkylation sites (tertiary alicyclic amines) is 1. The molecule has 22 heavy (non-hydrogen) atoms. The highest BCUT2D eigenvalue weighted by Crippen LogP contribution is 2.33. The van der Waals surface area contributed by atoms with Gasteiger partial charge in [0.25, 0.3) is 5.91 Å². The van der Waals surface area contributed by atoms with E-state index in [0.29, 0.717) is 19.5 Å². The summed E-state index contributed by atoms with van der Waals surface area (Å²) in [4.78, 5) is 27.1. The summed E-state index contributed by atoms with van der Waals surface area (Å²) in [6, 6.07) is 3.88. The van der Waals surface area contributed by atoms with Gasteiger partial charge in [-0.1, -0.05) is 0 Å². The maximum absolute atomic E-state index is 12.9. The lowest BCUT2D eigenvalue weighted by Crippen LogP contribution is -2.32. The third kappa shape index (κ3) is 2.43. The fourth-order valence-corrected chi connectivity index (χ4v) is 3.96. The van der Waals surface area contributed by atoms with Crippen molar-refractivity contribution in [1.29, 1.82) is 0 Å². The Balaban J connectivity index is 1.95. The Kier molecular flexibility index (Phi) is 3.78. The summed E-state index contributed by atoms with van der Waals surface area (Å²) >= 11 is 1.62. The first-order valence-corrected chi connectivity index (χ1v) is 8.12. The SMILES string of the molecule is Cc1sc(-n2cccc2)c(C(=O)N2CC[C@@H](C(N)=O)C2)c1C. The number of nitrogens with two attached hydrogens (primary N) is 1. The van der Waals surface area contributed by atoms with Gasteiger partial charge in [0, 0.05) is 30.4 Å². The largest absolute Gasteiger partial charge is 0.369 e. The van der Waals surface area contributed by atoms with Crippen LogP contribution in [-0.2, 0) is 4.79 Å². The molecule has 5 nitrogen and oxygen atoms in total. The predicted octanol–water partition coefficient (Wildman–Crippen LogP) is 2.10. The Morgan fingerprint density at radius 3 is 2.55 bits per heavy atom. The molecular formula is C16H19N3O2S. The van der Waals surface area contributed by atoms with Gasteiger partial charge in [-0.25, -0.2) is 0 Å². The van der Waals surface area contributed by atoms with Crippen molar-refractivity contribution in [3.05, 3.63) is 40.5 Å². The van der Waals surface area contributed by atoms with E-state index in [1.54, 1.807) is 16.2 Å². The Morgan fingerprint density at radius 1 is 1.27 bits per heavy atom. The van der Waals surface area contributed by atoms with E-state index >= 15 is 0 Å². The van der Waals surface area contributed by atoms with Gasteiger partial charge in [-0.3, -0.25) is 9.59 Å². The second-order valence-corrected chi connectivity index (χ2v) is 6.90. The molecule has 0 spiro atoms. The molecular weight excluding hydrogens is 298 g/mol. The van der Waals surface area contributed by atoms with Gasteiger partial charge in [0.2, 0.25) is 5.91 Å². The van der Waals surface area contributed by atoms with Crippen LogP contribution in [0.4, 0.5) is 0 Å². The number of primary amides is 1. The monoisotopic (exact) mass is 317 g/mol. The highest BCUT2D eigenvalue weighted by molar-refractivity contribution is 7.15. The number of carbonyl (C=O) groups excluding carboxylic acids is 2. The lowest BCUT2D eigenvalue weighted by Gasteiger charge is -2.17. The highest BCUT2D eigenvalue weighted by atomic mass is 32.1. The van der Waals surface area contributed by atoms with E-state index in [2.05, 4.69) is 0 Å². The maximum Gasteiger partial charge on any atom is 0.257 e. The van der Waals surface area contributed by atoms with Gasteiger partial charge in [-0.05, 0) is 38.0 Å². The van der Waals surface area contributed by atoms with Crippen molar-refractivity contribution >= 4 is 23.2 Å². The zero-order valence-corrected chi connectivity index (χ0v) is 13.5. The molecule has 1 aliphatic heterocycles. The van der Waals surface area contributed by atoms with Crippen molar-refractivity contribution in [3.63, 3.8) is 0 Å². The van der Waals surface area contributed by atoms with Crippen molar-refractivity contribution in [3.8, 4) is 5.00 Å². The first kappa shape index (κ1) is 14.8. The van der Waals surface area contributed by atoms with Gasteiger partial charge in [-0.2, -0.15) is 0 Å². The lowest BCUT2D eigenvalue weighted by atomic mass is 10.1. The second-order valence-electron chi connectivity index (χ2n) is 5.69. The minimum absolute atomic E-state index is 0.00528. The van der Waals surface area contributed by atoms with Crippen LogP contribution < -0.4 is 5.73 Å². The van der Waals surface area contributed by atoms with Crippen molar-refractivity contribution < 1.29 is 9.59 Å². The molecule has 2 aromatic heterocycles. The molecule has 0 bridgehead atoms. The summed E-state index contributed by atoms with van der Waals surface area (Å²) < 4.78 is 1.97. The van der Waals surface area contributed by atoms with Crippen LogP contribution in [0.2, 0.25) is 0 Å². The zero-order chi connectivity index (χ0) is 15.9. The van der Waals surface area contributed by atoms with Crippen LogP contribution in [0.3, 0.4) is 0 Å². The third-order valence-electron chi connectivity index (χ3n) is 4.30. The number of aromatic nitrogens is 1. The summed E-state index contributed by atoms with van der Waals surface area (Å²) in [6.45, 7) is 5.02. The molecule has 1 fully saturated rings. The maximum atomic E-state index is 12.9. The number of hydrogen-bond donors (Lipinski definition) is 1. The quantitative estimate of drug-likeness (QED) is 0.942. The molecule has 2 amide bonds.